The van der Waals surface area contributed by atoms with Gasteiger partial charge in [0.2, 0.25) is 0 Å². The van der Waals surface area contributed by atoms with Crippen LogP contribution >= 0.6 is 0 Å². The molecule has 2 heterocycles. The van der Waals surface area contributed by atoms with E-state index in [9.17, 15) is 4.79 Å². The first-order valence-corrected chi connectivity index (χ1v) is 6.28. The van der Waals surface area contributed by atoms with E-state index in [1.54, 1.807) is 0 Å². The number of urea groups is 1. The number of piperidine rings is 1. The van der Waals surface area contributed by atoms with Crippen molar-refractivity contribution in [2.24, 2.45) is 5.92 Å². The maximum Gasteiger partial charge on any atom is 0.320 e. The molecule has 2 amide bonds. The Bertz CT molecular complexity index is 247. The third-order valence-corrected chi connectivity index (χ3v) is 3.68. The van der Waals surface area contributed by atoms with Gasteiger partial charge < -0.3 is 14.5 Å². The van der Waals surface area contributed by atoms with E-state index in [1.165, 1.54) is 6.42 Å². The highest BCUT2D eigenvalue weighted by Crippen LogP contribution is 2.19. The topological polar surface area (TPSA) is 32.8 Å². The fourth-order valence-electron chi connectivity index (χ4n) is 2.57. The van der Waals surface area contributed by atoms with Gasteiger partial charge in [0.15, 0.2) is 0 Å². The van der Waals surface area contributed by atoms with Crippen molar-refractivity contribution in [3.05, 3.63) is 0 Å². The molecule has 0 aromatic heterocycles. The standard InChI is InChI=1S/C12H22N2O2/c1-10-4-3-6-14(8-10)12(15)13(2)11-5-7-16-9-11/h10-11H,3-9H2,1-2H3. The van der Waals surface area contributed by atoms with Crippen LogP contribution in [0.1, 0.15) is 26.2 Å². The van der Waals surface area contributed by atoms with Gasteiger partial charge in [0.05, 0.1) is 12.6 Å². The van der Waals surface area contributed by atoms with Crippen molar-refractivity contribution in [3.8, 4) is 0 Å². The summed E-state index contributed by atoms with van der Waals surface area (Å²) in [5.41, 5.74) is 0. The second-order valence-corrected chi connectivity index (χ2v) is 5.10. The first-order valence-electron chi connectivity index (χ1n) is 6.28. The summed E-state index contributed by atoms with van der Waals surface area (Å²) in [4.78, 5) is 16.1. The summed E-state index contributed by atoms with van der Waals surface area (Å²) in [7, 11) is 1.90. The molecule has 4 heteroatoms. The number of nitrogens with zero attached hydrogens (tertiary/aromatic N) is 2. The van der Waals surface area contributed by atoms with Crippen LogP contribution in [0.4, 0.5) is 4.79 Å². The quantitative estimate of drug-likeness (QED) is 0.679. The summed E-state index contributed by atoms with van der Waals surface area (Å²) in [6, 6.07) is 0.465. The zero-order chi connectivity index (χ0) is 11.5. The van der Waals surface area contributed by atoms with E-state index < -0.39 is 0 Å². The van der Waals surface area contributed by atoms with Crippen LogP contribution in [0.5, 0.6) is 0 Å². The molecule has 2 rings (SSSR count). The van der Waals surface area contributed by atoms with Gasteiger partial charge in [0.25, 0.3) is 0 Å². The Morgan fingerprint density at radius 2 is 2.25 bits per heavy atom. The van der Waals surface area contributed by atoms with Crippen molar-refractivity contribution in [1.29, 1.82) is 0 Å². The molecule has 2 unspecified atom stereocenters. The fraction of sp³-hybridized carbons (Fsp3) is 0.917. The van der Waals surface area contributed by atoms with E-state index in [0.29, 0.717) is 12.5 Å². The molecule has 2 atom stereocenters. The highest BCUT2D eigenvalue weighted by atomic mass is 16.5. The summed E-state index contributed by atoms with van der Waals surface area (Å²) in [5, 5.41) is 0. The average molecular weight is 226 g/mol. The normalized spacial score (nSPS) is 30.5. The molecule has 0 radical (unpaired) electrons. The molecule has 16 heavy (non-hydrogen) atoms. The van der Waals surface area contributed by atoms with Gasteiger partial charge in [-0.25, -0.2) is 4.79 Å². The highest BCUT2D eigenvalue weighted by molar-refractivity contribution is 5.74. The van der Waals surface area contributed by atoms with Gasteiger partial charge in [-0.2, -0.15) is 0 Å². The summed E-state index contributed by atoms with van der Waals surface area (Å²) in [6.07, 6.45) is 3.37. The molecule has 2 saturated heterocycles. The third kappa shape index (κ3) is 2.48. The molecule has 4 nitrogen and oxygen atoms in total. The molecule has 0 N–H and O–H groups in total. The predicted molar refractivity (Wildman–Crippen MR) is 62.4 cm³/mol. The number of carbonyl (C=O) groups is 1. The minimum absolute atomic E-state index is 0.182. The lowest BCUT2D eigenvalue weighted by Gasteiger charge is -2.35. The number of likely N-dealkylation sites (N-methyl/N-ethyl adjacent to an activating group) is 1. The molecule has 2 fully saturated rings. The van der Waals surface area contributed by atoms with Crippen LogP contribution in [0.3, 0.4) is 0 Å². The first-order chi connectivity index (χ1) is 7.68. The molecule has 2 aliphatic rings. The van der Waals surface area contributed by atoms with E-state index in [2.05, 4.69) is 6.92 Å². The molecule has 0 aromatic rings. The summed E-state index contributed by atoms with van der Waals surface area (Å²) in [6.45, 7) is 5.54. The molecule has 0 aromatic carbocycles. The third-order valence-electron chi connectivity index (χ3n) is 3.68. The Kier molecular flexibility index (Phi) is 3.69. The second-order valence-electron chi connectivity index (χ2n) is 5.10. The zero-order valence-electron chi connectivity index (χ0n) is 10.3. The summed E-state index contributed by atoms with van der Waals surface area (Å²) >= 11 is 0. The largest absolute Gasteiger partial charge is 0.379 e. The maximum atomic E-state index is 12.2. The van der Waals surface area contributed by atoms with Crippen LogP contribution in [0.25, 0.3) is 0 Å². The van der Waals surface area contributed by atoms with Crippen LogP contribution < -0.4 is 0 Å². The summed E-state index contributed by atoms with van der Waals surface area (Å²) in [5.74, 6) is 0.644. The van der Waals surface area contributed by atoms with Gasteiger partial charge in [0.1, 0.15) is 0 Å². The number of ether oxygens (including phenoxy) is 1. The molecular weight excluding hydrogens is 204 g/mol. The molecule has 0 aliphatic carbocycles. The van der Waals surface area contributed by atoms with E-state index >= 15 is 0 Å². The Morgan fingerprint density at radius 3 is 2.88 bits per heavy atom. The maximum absolute atomic E-state index is 12.2. The van der Waals surface area contributed by atoms with Crippen LogP contribution in [0.2, 0.25) is 0 Å². The van der Waals surface area contributed by atoms with Crippen LogP contribution in [-0.2, 0) is 4.74 Å². The molecular formula is C12H22N2O2. The minimum atomic E-state index is 0.182. The van der Waals surface area contributed by atoms with Crippen molar-refractivity contribution in [1.82, 2.24) is 9.80 Å². The first kappa shape index (κ1) is 11.7. The van der Waals surface area contributed by atoms with E-state index in [4.69, 9.17) is 4.74 Å². The van der Waals surface area contributed by atoms with Crippen molar-refractivity contribution >= 4 is 6.03 Å². The van der Waals surface area contributed by atoms with Gasteiger partial charge in [0, 0.05) is 26.7 Å². The van der Waals surface area contributed by atoms with Crippen LogP contribution in [0.15, 0.2) is 0 Å². The molecule has 2 aliphatic heterocycles. The Labute approximate surface area is 97.5 Å². The molecule has 0 saturated carbocycles. The van der Waals surface area contributed by atoms with Crippen molar-refractivity contribution < 1.29 is 9.53 Å². The molecule has 0 spiro atoms. The van der Waals surface area contributed by atoms with Crippen LogP contribution in [-0.4, -0.2) is 55.2 Å². The minimum Gasteiger partial charge on any atom is -0.379 e. The van der Waals surface area contributed by atoms with Crippen molar-refractivity contribution in [3.63, 3.8) is 0 Å². The number of hydrogen-bond donors (Lipinski definition) is 0. The lowest BCUT2D eigenvalue weighted by Crippen LogP contribution is -2.49. The Hall–Kier alpha value is -0.770. The monoisotopic (exact) mass is 226 g/mol. The number of hydrogen-bond acceptors (Lipinski definition) is 2. The van der Waals surface area contributed by atoms with Gasteiger partial charge >= 0.3 is 6.03 Å². The predicted octanol–water partition coefficient (Wildman–Crippen LogP) is 1.56. The van der Waals surface area contributed by atoms with Crippen molar-refractivity contribution in [2.45, 2.75) is 32.2 Å². The van der Waals surface area contributed by atoms with Crippen LogP contribution in [0, 0.1) is 5.92 Å². The lowest BCUT2D eigenvalue weighted by molar-refractivity contribution is 0.117. The fourth-order valence-corrected chi connectivity index (χ4v) is 2.57. The van der Waals surface area contributed by atoms with Gasteiger partial charge in [-0.15, -0.1) is 0 Å². The van der Waals surface area contributed by atoms with Crippen molar-refractivity contribution in [2.75, 3.05) is 33.4 Å². The van der Waals surface area contributed by atoms with E-state index in [-0.39, 0.29) is 12.1 Å². The Morgan fingerprint density at radius 1 is 1.44 bits per heavy atom. The summed E-state index contributed by atoms with van der Waals surface area (Å²) < 4.78 is 5.32. The number of amides is 2. The number of carbonyl (C=O) groups excluding carboxylic acids is 1. The van der Waals surface area contributed by atoms with Gasteiger partial charge in [-0.3, -0.25) is 0 Å². The molecule has 0 bridgehead atoms. The second kappa shape index (κ2) is 5.04. The van der Waals surface area contributed by atoms with Gasteiger partial charge in [-0.1, -0.05) is 6.92 Å². The number of likely N-dealkylation sites (tertiary alicyclic amines) is 1. The smallest absolute Gasteiger partial charge is 0.320 e. The lowest BCUT2D eigenvalue weighted by atomic mass is 10.0. The SMILES string of the molecule is CC1CCCN(C(=O)N(C)C2CCOC2)C1. The van der Waals surface area contributed by atoms with E-state index in [0.717, 1.165) is 32.5 Å². The van der Waals surface area contributed by atoms with E-state index in [1.807, 2.05) is 16.8 Å². The highest BCUT2D eigenvalue weighted by Gasteiger charge is 2.29. The zero-order valence-corrected chi connectivity index (χ0v) is 10.3. The Balaban J connectivity index is 1.89. The number of rotatable bonds is 1. The average Bonchev–Trinajstić information content (AvgIpc) is 2.80. The van der Waals surface area contributed by atoms with Gasteiger partial charge in [-0.05, 0) is 25.2 Å². The molecule has 92 valence electrons.